The number of nitrogens with one attached hydrogen (secondary N) is 1. The Morgan fingerprint density at radius 2 is 1.55 bits per heavy atom. The fourth-order valence-electron chi connectivity index (χ4n) is 4.37. The summed E-state index contributed by atoms with van der Waals surface area (Å²) in [6.07, 6.45) is 1.99. The number of halogens is 2. The van der Waals surface area contributed by atoms with Gasteiger partial charge in [-0.25, -0.2) is 8.42 Å². The summed E-state index contributed by atoms with van der Waals surface area (Å²) in [5, 5.41) is 3.58. The molecule has 2 amide bonds. The molecule has 0 aliphatic carbocycles. The van der Waals surface area contributed by atoms with Gasteiger partial charge in [-0.3, -0.25) is 13.9 Å². The number of carbonyl (C=O) groups excluding carboxylic acids is 2. The van der Waals surface area contributed by atoms with E-state index in [0.29, 0.717) is 34.3 Å². The molecule has 40 heavy (non-hydrogen) atoms. The number of hydrogen-bond acceptors (Lipinski definition) is 4. The van der Waals surface area contributed by atoms with Crippen LogP contribution in [0.2, 0.25) is 10.0 Å². The van der Waals surface area contributed by atoms with Crippen molar-refractivity contribution in [3.05, 3.63) is 99.0 Å². The fraction of sp³-hybridized carbons (Fsp3) is 0.333. The molecule has 1 N–H and O–H groups in total. The van der Waals surface area contributed by atoms with Crippen LogP contribution in [0.4, 0.5) is 5.69 Å². The van der Waals surface area contributed by atoms with E-state index in [1.54, 1.807) is 30.3 Å². The van der Waals surface area contributed by atoms with Gasteiger partial charge in [0, 0.05) is 35.1 Å². The van der Waals surface area contributed by atoms with E-state index < -0.39 is 28.5 Å². The number of anilines is 1. The Bertz CT molecular complexity index is 1430. The lowest BCUT2D eigenvalue weighted by Gasteiger charge is -2.34. The zero-order valence-electron chi connectivity index (χ0n) is 23.2. The highest BCUT2D eigenvalue weighted by Gasteiger charge is 2.34. The van der Waals surface area contributed by atoms with Gasteiger partial charge in [-0.05, 0) is 55.2 Å². The third-order valence-corrected chi connectivity index (χ3v) is 8.57. The van der Waals surface area contributed by atoms with Crippen LogP contribution < -0.4 is 9.62 Å². The van der Waals surface area contributed by atoms with Crippen molar-refractivity contribution in [2.24, 2.45) is 0 Å². The second-order valence-corrected chi connectivity index (χ2v) is 12.4. The van der Waals surface area contributed by atoms with Crippen LogP contribution in [0.25, 0.3) is 0 Å². The normalized spacial score (nSPS) is 12.1. The van der Waals surface area contributed by atoms with Crippen LogP contribution in [-0.4, -0.2) is 50.5 Å². The number of nitrogens with zero attached hydrogens (tertiary/aromatic N) is 2. The van der Waals surface area contributed by atoms with Crippen molar-refractivity contribution in [1.82, 2.24) is 10.2 Å². The van der Waals surface area contributed by atoms with Gasteiger partial charge in [0.25, 0.3) is 0 Å². The van der Waals surface area contributed by atoms with Gasteiger partial charge in [-0.15, -0.1) is 0 Å². The highest BCUT2D eigenvalue weighted by atomic mass is 35.5. The molecule has 0 radical (unpaired) electrons. The second kappa shape index (κ2) is 14.0. The number of sulfonamides is 1. The number of aryl methyl sites for hydroxylation is 1. The SMILES string of the molecule is CCCNC(=O)[C@@H](Cc1ccccc1)N(Cc1c(Cl)cccc1Cl)C(=O)CN(c1cccc(C)c1C)S(C)(=O)=O. The Morgan fingerprint density at radius 1 is 0.925 bits per heavy atom. The summed E-state index contributed by atoms with van der Waals surface area (Å²) in [5.74, 6) is -0.908. The molecule has 214 valence electrons. The molecule has 10 heteroatoms. The Kier molecular flexibility index (Phi) is 11.0. The number of rotatable bonds is 12. The molecule has 0 bridgehead atoms. The maximum Gasteiger partial charge on any atom is 0.244 e. The summed E-state index contributed by atoms with van der Waals surface area (Å²) >= 11 is 13.0. The minimum Gasteiger partial charge on any atom is -0.354 e. The minimum atomic E-state index is -3.86. The number of benzene rings is 3. The maximum absolute atomic E-state index is 14.2. The lowest BCUT2D eigenvalue weighted by Crippen LogP contribution is -2.53. The largest absolute Gasteiger partial charge is 0.354 e. The van der Waals surface area contributed by atoms with Crippen LogP contribution in [-0.2, 0) is 32.6 Å². The molecule has 3 rings (SSSR count). The fourth-order valence-corrected chi connectivity index (χ4v) is 5.79. The Morgan fingerprint density at radius 3 is 2.15 bits per heavy atom. The van der Waals surface area contributed by atoms with Crippen LogP contribution in [0.1, 0.15) is 35.6 Å². The summed E-state index contributed by atoms with van der Waals surface area (Å²) in [6, 6.07) is 18.7. The summed E-state index contributed by atoms with van der Waals surface area (Å²) in [6.45, 7) is 5.46. The van der Waals surface area contributed by atoms with E-state index >= 15 is 0 Å². The van der Waals surface area contributed by atoms with Crippen LogP contribution in [0.3, 0.4) is 0 Å². The predicted molar refractivity (Wildman–Crippen MR) is 162 cm³/mol. The molecule has 0 aliphatic rings. The van der Waals surface area contributed by atoms with Gasteiger partial charge in [0.1, 0.15) is 12.6 Å². The molecule has 7 nitrogen and oxygen atoms in total. The highest BCUT2D eigenvalue weighted by molar-refractivity contribution is 7.92. The molecule has 0 saturated carbocycles. The summed E-state index contributed by atoms with van der Waals surface area (Å²) in [7, 11) is -3.86. The molecule has 0 heterocycles. The molecule has 0 aromatic heterocycles. The zero-order chi connectivity index (χ0) is 29.4. The summed E-state index contributed by atoms with van der Waals surface area (Å²) in [5.41, 5.74) is 3.35. The average Bonchev–Trinajstić information content (AvgIpc) is 2.91. The molecule has 0 aliphatic heterocycles. The maximum atomic E-state index is 14.2. The van der Waals surface area contributed by atoms with E-state index in [2.05, 4.69) is 5.32 Å². The lowest BCUT2D eigenvalue weighted by atomic mass is 10.0. The molecule has 0 saturated heterocycles. The van der Waals surface area contributed by atoms with E-state index in [0.717, 1.165) is 27.3 Å². The van der Waals surface area contributed by atoms with Gasteiger partial charge in [0.05, 0.1) is 11.9 Å². The van der Waals surface area contributed by atoms with Crippen LogP contribution >= 0.6 is 23.2 Å². The summed E-state index contributed by atoms with van der Waals surface area (Å²) < 4.78 is 27.1. The minimum absolute atomic E-state index is 0.0845. The average molecular weight is 605 g/mol. The molecule has 0 spiro atoms. The zero-order valence-corrected chi connectivity index (χ0v) is 25.5. The van der Waals surface area contributed by atoms with Crippen molar-refractivity contribution in [3.63, 3.8) is 0 Å². The summed E-state index contributed by atoms with van der Waals surface area (Å²) in [4.78, 5) is 29.1. The van der Waals surface area contributed by atoms with E-state index in [1.807, 2.05) is 57.2 Å². The lowest BCUT2D eigenvalue weighted by molar-refractivity contribution is -0.140. The van der Waals surface area contributed by atoms with Crippen LogP contribution in [0, 0.1) is 13.8 Å². The third-order valence-electron chi connectivity index (χ3n) is 6.73. The molecule has 0 unspecified atom stereocenters. The predicted octanol–water partition coefficient (Wildman–Crippen LogP) is 5.54. The van der Waals surface area contributed by atoms with Crippen molar-refractivity contribution in [2.45, 2.75) is 46.2 Å². The topological polar surface area (TPSA) is 86.8 Å². The number of carbonyl (C=O) groups is 2. The van der Waals surface area contributed by atoms with Crippen molar-refractivity contribution in [1.29, 1.82) is 0 Å². The van der Waals surface area contributed by atoms with Crippen molar-refractivity contribution >= 4 is 50.7 Å². The van der Waals surface area contributed by atoms with E-state index in [9.17, 15) is 18.0 Å². The first-order valence-electron chi connectivity index (χ1n) is 13.0. The second-order valence-electron chi connectivity index (χ2n) is 9.71. The van der Waals surface area contributed by atoms with E-state index in [4.69, 9.17) is 23.2 Å². The number of hydrogen-bond donors (Lipinski definition) is 1. The molecule has 1 atom stereocenters. The first-order valence-corrected chi connectivity index (χ1v) is 15.6. The monoisotopic (exact) mass is 603 g/mol. The molecular weight excluding hydrogens is 569 g/mol. The van der Waals surface area contributed by atoms with E-state index in [1.165, 1.54) is 4.90 Å². The first kappa shape index (κ1) is 31.5. The molecule has 3 aromatic carbocycles. The van der Waals surface area contributed by atoms with Gasteiger partial charge in [-0.2, -0.15) is 0 Å². The molecule has 0 fully saturated rings. The standard InChI is InChI=1S/C30H35Cl2N3O4S/c1-5-17-33-30(37)28(18-23-12-7-6-8-13-23)34(19-24-25(31)14-10-15-26(24)32)29(36)20-35(40(4,38)39)27-16-9-11-21(2)22(27)3/h6-16,28H,5,17-20H2,1-4H3,(H,33,37)/t28-/m1/s1. The van der Waals surface area contributed by atoms with Crippen LogP contribution in [0.15, 0.2) is 66.7 Å². The molecule has 3 aromatic rings. The molecular formula is C30H35Cl2N3O4S. The Balaban J connectivity index is 2.12. The number of amides is 2. The first-order chi connectivity index (χ1) is 18.9. The quantitative estimate of drug-likeness (QED) is 0.294. The van der Waals surface area contributed by atoms with Gasteiger partial charge in [0.15, 0.2) is 0 Å². The Hall–Kier alpha value is -3.07. The highest BCUT2D eigenvalue weighted by Crippen LogP contribution is 2.29. The van der Waals surface area contributed by atoms with Gasteiger partial charge < -0.3 is 10.2 Å². The smallest absolute Gasteiger partial charge is 0.244 e. The van der Waals surface area contributed by atoms with E-state index in [-0.39, 0.29) is 18.9 Å². The van der Waals surface area contributed by atoms with Crippen LogP contribution in [0.5, 0.6) is 0 Å². The van der Waals surface area contributed by atoms with Gasteiger partial charge in [-0.1, -0.05) is 78.7 Å². The van der Waals surface area contributed by atoms with Gasteiger partial charge >= 0.3 is 0 Å². The Labute approximate surface area is 247 Å². The van der Waals surface area contributed by atoms with Crippen molar-refractivity contribution < 1.29 is 18.0 Å². The van der Waals surface area contributed by atoms with Crippen molar-refractivity contribution in [2.75, 3.05) is 23.7 Å². The third kappa shape index (κ3) is 7.99. The van der Waals surface area contributed by atoms with Gasteiger partial charge in [0.2, 0.25) is 21.8 Å². The van der Waals surface area contributed by atoms with Crippen molar-refractivity contribution in [3.8, 4) is 0 Å².